The van der Waals surface area contributed by atoms with E-state index in [4.69, 9.17) is 9.26 Å². The number of carbonyl (C=O) groups is 1. The standard InChI is InChI=1S/C20H28N4O5S/c25-20(18-5-19(29-23-18)11-8-28-9-11)22-12-3-13-1-2-14(4-12)24(13)30(26,27)10-17-15-6-21-7-16(15)17/h5,11-17,21H,1-4,6-10H2,(H,22,25). The van der Waals surface area contributed by atoms with Crippen LogP contribution in [-0.4, -0.2) is 74.0 Å². The first kappa shape index (κ1) is 19.2. The van der Waals surface area contributed by atoms with E-state index in [1.54, 1.807) is 10.4 Å². The van der Waals surface area contributed by atoms with Crippen molar-refractivity contribution in [3.05, 3.63) is 17.5 Å². The summed E-state index contributed by atoms with van der Waals surface area (Å²) in [6.07, 6.45) is 3.10. The number of nitrogens with zero attached hydrogens (tertiary/aromatic N) is 2. The van der Waals surface area contributed by atoms with Crippen LogP contribution in [0.15, 0.2) is 10.6 Å². The van der Waals surface area contributed by atoms with Gasteiger partial charge < -0.3 is 19.9 Å². The number of aromatic nitrogens is 1. The molecule has 164 valence electrons. The molecule has 4 unspecified atom stereocenters. The van der Waals surface area contributed by atoms with Gasteiger partial charge in [0.2, 0.25) is 10.0 Å². The normalized spacial score (nSPS) is 38.3. The van der Waals surface area contributed by atoms with Crippen molar-refractivity contribution >= 4 is 15.9 Å². The summed E-state index contributed by atoms with van der Waals surface area (Å²) in [6, 6.07) is 1.66. The van der Waals surface area contributed by atoms with Gasteiger partial charge in [-0.15, -0.1) is 0 Å². The van der Waals surface area contributed by atoms with Crippen LogP contribution in [0.4, 0.5) is 0 Å². The summed E-state index contributed by atoms with van der Waals surface area (Å²) in [6.45, 7) is 3.13. The summed E-state index contributed by atoms with van der Waals surface area (Å²) in [5.74, 6) is 2.35. The molecule has 1 saturated carbocycles. The van der Waals surface area contributed by atoms with Crippen LogP contribution in [0, 0.1) is 17.8 Å². The van der Waals surface area contributed by atoms with Gasteiger partial charge in [-0.25, -0.2) is 8.42 Å². The van der Waals surface area contributed by atoms with E-state index in [-0.39, 0.29) is 35.6 Å². The Morgan fingerprint density at radius 3 is 2.53 bits per heavy atom. The predicted molar refractivity (Wildman–Crippen MR) is 106 cm³/mol. The Balaban J connectivity index is 1.08. The highest BCUT2D eigenvalue weighted by molar-refractivity contribution is 7.89. The van der Waals surface area contributed by atoms with Crippen molar-refractivity contribution in [1.82, 2.24) is 20.1 Å². The highest BCUT2D eigenvalue weighted by atomic mass is 32.2. The van der Waals surface area contributed by atoms with Crippen molar-refractivity contribution in [2.24, 2.45) is 17.8 Å². The Bertz CT molecular complexity index is 921. The predicted octanol–water partition coefficient (Wildman–Crippen LogP) is 0.309. The van der Waals surface area contributed by atoms with Gasteiger partial charge in [-0.1, -0.05) is 5.16 Å². The topological polar surface area (TPSA) is 114 Å². The number of amides is 1. The maximum Gasteiger partial charge on any atom is 0.273 e. The molecule has 0 radical (unpaired) electrons. The number of nitrogens with one attached hydrogen (secondary N) is 2. The van der Waals surface area contributed by atoms with Crippen LogP contribution >= 0.6 is 0 Å². The summed E-state index contributed by atoms with van der Waals surface area (Å²) < 4.78 is 38.6. The van der Waals surface area contributed by atoms with Crippen LogP contribution in [0.25, 0.3) is 0 Å². The first-order valence-electron chi connectivity index (χ1n) is 11.1. The average Bonchev–Trinajstić information content (AvgIpc) is 3.11. The Hall–Kier alpha value is -1.49. The molecule has 1 aromatic rings. The van der Waals surface area contributed by atoms with E-state index in [1.807, 2.05) is 0 Å². The highest BCUT2D eigenvalue weighted by Gasteiger charge is 2.56. The lowest BCUT2D eigenvalue weighted by Crippen LogP contribution is -2.53. The average molecular weight is 437 g/mol. The first-order valence-corrected chi connectivity index (χ1v) is 12.7. The number of carbonyl (C=O) groups excluding carboxylic acids is 1. The van der Waals surface area contributed by atoms with Gasteiger partial charge >= 0.3 is 0 Å². The van der Waals surface area contributed by atoms with Crippen molar-refractivity contribution in [3.63, 3.8) is 0 Å². The highest BCUT2D eigenvalue weighted by Crippen LogP contribution is 2.50. The van der Waals surface area contributed by atoms with E-state index in [9.17, 15) is 13.2 Å². The lowest BCUT2D eigenvalue weighted by Gasteiger charge is -2.38. The van der Waals surface area contributed by atoms with Crippen molar-refractivity contribution in [1.29, 1.82) is 0 Å². The van der Waals surface area contributed by atoms with Gasteiger partial charge in [0, 0.05) is 24.2 Å². The fraction of sp³-hybridized carbons (Fsp3) is 0.800. The minimum Gasteiger partial charge on any atom is -0.380 e. The molecule has 2 bridgehead atoms. The van der Waals surface area contributed by atoms with E-state index in [2.05, 4.69) is 15.8 Å². The lowest BCUT2D eigenvalue weighted by molar-refractivity contribution is -0.00228. The summed E-state index contributed by atoms with van der Waals surface area (Å²) in [4.78, 5) is 12.6. The van der Waals surface area contributed by atoms with Crippen LogP contribution in [0.2, 0.25) is 0 Å². The first-order chi connectivity index (χ1) is 14.5. The number of hydrogen-bond donors (Lipinski definition) is 2. The van der Waals surface area contributed by atoms with Gasteiger partial charge in [-0.2, -0.15) is 4.31 Å². The third-order valence-electron chi connectivity index (χ3n) is 7.80. The van der Waals surface area contributed by atoms with E-state index in [0.29, 0.717) is 55.3 Å². The third kappa shape index (κ3) is 3.19. The van der Waals surface area contributed by atoms with Crippen LogP contribution in [0.1, 0.15) is 47.8 Å². The second-order valence-corrected chi connectivity index (χ2v) is 11.6. The van der Waals surface area contributed by atoms with Gasteiger partial charge in [0.1, 0.15) is 5.76 Å². The molecule has 0 spiro atoms. The van der Waals surface area contributed by atoms with Crippen molar-refractivity contribution in [2.75, 3.05) is 32.1 Å². The maximum absolute atomic E-state index is 13.2. The quantitative estimate of drug-likeness (QED) is 0.660. The molecule has 5 heterocycles. The monoisotopic (exact) mass is 436 g/mol. The molecule has 1 aliphatic carbocycles. The largest absolute Gasteiger partial charge is 0.380 e. The van der Waals surface area contributed by atoms with Crippen LogP contribution in [-0.2, 0) is 14.8 Å². The molecule has 10 heteroatoms. The van der Waals surface area contributed by atoms with Crippen molar-refractivity contribution in [3.8, 4) is 0 Å². The molecule has 5 aliphatic rings. The van der Waals surface area contributed by atoms with Crippen LogP contribution in [0.5, 0.6) is 0 Å². The molecule has 2 N–H and O–H groups in total. The van der Waals surface area contributed by atoms with Gasteiger partial charge in [-0.3, -0.25) is 4.79 Å². The molecule has 1 aromatic heterocycles. The molecule has 5 fully saturated rings. The van der Waals surface area contributed by atoms with E-state index >= 15 is 0 Å². The molecule has 9 nitrogen and oxygen atoms in total. The summed E-state index contributed by atoms with van der Waals surface area (Å²) in [5, 5.41) is 10.3. The summed E-state index contributed by atoms with van der Waals surface area (Å²) in [5.41, 5.74) is 0.285. The van der Waals surface area contributed by atoms with E-state index in [1.165, 1.54) is 0 Å². The number of sulfonamides is 1. The lowest BCUT2D eigenvalue weighted by atomic mass is 9.99. The van der Waals surface area contributed by atoms with Gasteiger partial charge in [0.25, 0.3) is 5.91 Å². The number of ether oxygens (including phenoxy) is 1. The van der Waals surface area contributed by atoms with Crippen molar-refractivity contribution < 1.29 is 22.5 Å². The molecular weight excluding hydrogens is 408 g/mol. The molecule has 0 aromatic carbocycles. The molecule has 1 amide bonds. The summed E-state index contributed by atoms with van der Waals surface area (Å²) >= 11 is 0. The Morgan fingerprint density at radius 2 is 1.90 bits per heavy atom. The Labute approximate surface area is 175 Å². The second-order valence-electron chi connectivity index (χ2n) is 9.63. The molecule has 4 saturated heterocycles. The maximum atomic E-state index is 13.2. The molecule has 6 rings (SSSR count). The molecule has 4 aliphatic heterocycles. The zero-order valence-corrected chi connectivity index (χ0v) is 17.6. The van der Waals surface area contributed by atoms with Crippen LogP contribution in [0.3, 0.4) is 0 Å². The minimum atomic E-state index is -3.25. The summed E-state index contributed by atoms with van der Waals surface area (Å²) in [7, 11) is -3.25. The smallest absolute Gasteiger partial charge is 0.273 e. The van der Waals surface area contributed by atoms with Crippen molar-refractivity contribution in [2.45, 2.75) is 49.7 Å². The number of hydrogen-bond acceptors (Lipinski definition) is 7. The van der Waals surface area contributed by atoms with Gasteiger partial charge in [0.05, 0.1) is 24.9 Å². The minimum absolute atomic E-state index is 0.00393. The zero-order valence-electron chi connectivity index (χ0n) is 16.8. The zero-order chi connectivity index (χ0) is 20.5. The third-order valence-corrected chi connectivity index (χ3v) is 9.84. The number of piperidine rings is 2. The Kier molecular flexibility index (Phi) is 4.49. The fourth-order valence-electron chi connectivity index (χ4n) is 6.08. The van der Waals surface area contributed by atoms with Gasteiger partial charge in [0.15, 0.2) is 5.69 Å². The second kappa shape index (κ2) is 7.01. The number of fused-ring (bicyclic) bond motifs is 3. The van der Waals surface area contributed by atoms with E-state index < -0.39 is 10.0 Å². The van der Waals surface area contributed by atoms with Gasteiger partial charge in [-0.05, 0) is 56.5 Å². The fourth-order valence-corrected chi connectivity index (χ4v) is 8.52. The molecule has 30 heavy (non-hydrogen) atoms. The molecule has 4 atom stereocenters. The van der Waals surface area contributed by atoms with E-state index in [0.717, 1.165) is 25.9 Å². The Morgan fingerprint density at radius 1 is 1.20 bits per heavy atom. The van der Waals surface area contributed by atoms with Crippen LogP contribution < -0.4 is 10.6 Å². The SMILES string of the molecule is O=C(NC1CC2CCC(C1)N2S(=O)(=O)CC1C2CNCC21)c1cc(C2COC2)on1. The number of rotatable bonds is 6. The molecular formula is C20H28N4O5S.